The van der Waals surface area contributed by atoms with Crippen LogP contribution in [0.3, 0.4) is 0 Å². The Bertz CT molecular complexity index is 515. The molecule has 106 valence electrons. The van der Waals surface area contributed by atoms with Crippen molar-refractivity contribution < 1.29 is 9.53 Å². The van der Waals surface area contributed by atoms with Crippen molar-refractivity contribution >= 4 is 25.2 Å². The van der Waals surface area contributed by atoms with E-state index in [1.807, 2.05) is 0 Å². The van der Waals surface area contributed by atoms with Gasteiger partial charge in [0.15, 0.2) is 0 Å². The third kappa shape index (κ3) is 2.16. The Hall–Kier alpha value is -0.631. The second-order valence-electron chi connectivity index (χ2n) is 6.54. The summed E-state index contributed by atoms with van der Waals surface area (Å²) in [7, 11) is 0. The zero-order valence-corrected chi connectivity index (χ0v) is 13.3. The van der Waals surface area contributed by atoms with Gasteiger partial charge in [0, 0.05) is 0 Å². The van der Waals surface area contributed by atoms with E-state index in [9.17, 15) is 4.79 Å². The average molecular weight is 335 g/mol. The maximum absolute atomic E-state index is 11.8. The molecule has 3 heteroatoms. The molecule has 4 atom stereocenters. The molecule has 1 heterocycles. The molecule has 1 aromatic rings. The van der Waals surface area contributed by atoms with E-state index >= 15 is 0 Å². The molecule has 0 amide bonds. The van der Waals surface area contributed by atoms with Crippen LogP contribution in [-0.4, -0.2) is 32.9 Å². The summed E-state index contributed by atoms with van der Waals surface area (Å²) in [5.74, 6) is 0.827. The Labute approximate surface area is 126 Å². The fourth-order valence-corrected chi connectivity index (χ4v) is 6.29. The Morgan fingerprint density at radius 1 is 1.25 bits per heavy atom. The molecule has 0 aromatic heterocycles. The molecule has 4 rings (SSSR count). The van der Waals surface area contributed by atoms with Gasteiger partial charge in [-0.25, -0.2) is 0 Å². The van der Waals surface area contributed by atoms with E-state index in [2.05, 4.69) is 30.3 Å². The molecule has 1 saturated heterocycles. The summed E-state index contributed by atoms with van der Waals surface area (Å²) in [6.07, 6.45) is 6.04. The topological polar surface area (TPSA) is 26.3 Å². The number of hydrogen-bond donors (Lipinski definition) is 0. The van der Waals surface area contributed by atoms with Gasteiger partial charge in [0.1, 0.15) is 0 Å². The number of carbonyl (C=O) groups is 1. The first-order valence-corrected chi connectivity index (χ1v) is 9.68. The number of ether oxygens (including phenoxy) is 1. The van der Waals surface area contributed by atoms with Gasteiger partial charge in [-0.1, -0.05) is 0 Å². The van der Waals surface area contributed by atoms with Gasteiger partial charge in [-0.15, -0.1) is 0 Å². The average Bonchev–Trinajstić information content (AvgIpc) is 2.93. The summed E-state index contributed by atoms with van der Waals surface area (Å²) < 4.78 is 7.79. The summed E-state index contributed by atoms with van der Waals surface area (Å²) in [6.45, 7) is 0. The van der Waals surface area contributed by atoms with Gasteiger partial charge in [0.2, 0.25) is 0 Å². The van der Waals surface area contributed by atoms with Crippen molar-refractivity contribution in [1.29, 1.82) is 0 Å². The maximum atomic E-state index is 11.8. The molecule has 2 aliphatic carbocycles. The number of rotatable bonds is 3. The molecule has 3 aliphatic rings. The Morgan fingerprint density at radius 3 is 2.95 bits per heavy atom. The molecule has 1 aromatic carbocycles. The molecule has 1 spiro atoms. The van der Waals surface area contributed by atoms with Gasteiger partial charge >= 0.3 is 126 Å². The molecule has 2 saturated carbocycles. The van der Waals surface area contributed by atoms with E-state index in [-0.39, 0.29) is 0 Å². The van der Waals surface area contributed by atoms with Crippen LogP contribution in [0.1, 0.15) is 32.1 Å². The zero-order valence-electron chi connectivity index (χ0n) is 11.6. The van der Waals surface area contributed by atoms with Crippen LogP contribution in [0.5, 0.6) is 0 Å². The summed E-state index contributed by atoms with van der Waals surface area (Å²) in [5.41, 5.74) is 0.371. The number of ketones is 1. The molecule has 20 heavy (non-hydrogen) atoms. The molecule has 1 aliphatic heterocycles. The molecule has 0 N–H and O–H groups in total. The second-order valence-corrected chi connectivity index (χ2v) is 8.83. The minimum absolute atomic E-state index is 0.328. The molecule has 2 bridgehead atoms. The Kier molecular flexibility index (Phi) is 3.25. The van der Waals surface area contributed by atoms with Gasteiger partial charge in [-0.2, -0.15) is 0 Å². The van der Waals surface area contributed by atoms with Crippen LogP contribution in [0.15, 0.2) is 30.3 Å². The summed E-state index contributed by atoms with van der Waals surface area (Å²) in [4.78, 5) is 11.8. The number of fused-ring (bicyclic) bond motifs is 1. The molecular formula is C17H20O2Se. The number of carbonyl (C=O) groups excluding carboxylic acids is 1. The van der Waals surface area contributed by atoms with Crippen LogP contribution >= 0.6 is 0 Å². The quantitative estimate of drug-likeness (QED) is 0.793. The van der Waals surface area contributed by atoms with E-state index in [4.69, 9.17) is 4.74 Å². The van der Waals surface area contributed by atoms with Gasteiger partial charge in [0.05, 0.1) is 0 Å². The van der Waals surface area contributed by atoms with Crippen molar-refractivity contribution in [3.8, 4) is 0 Å². The first-order valence-electron chi connectivity index (χ1n) is 7.61. The third-order valence-corrected chi connectivity index (χ3v) is 7.73. The van der Waals surface area contributed by atoms with Gasteiger partial charge in [0.25, 0.3) is 0 Å². The van der Waals surface area contributed by atoms with Crippen LogP contribution in [-0.2, 0) is 9.53 Å². The van der Waals surface area contributed by atoms with Crippen LogP contribution in [0.25, 0.3) is 0 Å². The van der Waals surface area contributed by atoms with Crippen molar-refractivity contribution in [1.82, 2.24) is 0 Å². The first kappa shape index (κ1) is 13.1. The Balaban J connectivity index is 1.39. The van der Waals surface area contributed by atoms with E-state index in [0.717, 1.165) is 25.7 Å². The predicted octanol–water partition coefficient (Wildman–Crippen LogP) is 2.35. The summed E-state index contributed by atoms with van der Waals surface area (Å²) >= 11 is 0.519. The molecule has 0 radical (unpaired) electrons. The van der Waals surface area contributed by atoms with Crippen LogP contribution in [0.4, 0.5) is 0 Å². The Morgan fingerprint density at radius 2 is 2.10 bits per heavy atom. The van der Waals surface area contributed by atoms with Crippen molar-refractivity contribution in [3.63, 3.8) is 0 Å². The SMILES string of the molecule is O=C1CC[C@]23CC(C[Se]c4ccccc4)O[C@H]2C[C@H]1C3. The number of Topliss-reactive ketones (excluding diaryl/α,β-unsaturated/α-hetero) is 1. The van der Waals surface area contributed by atoms with Crippen molar-refractivity contribution in [3.05, 3.63) is 30.3 Å². The van der Waals surface area contributed by atoms with Crippen LogP contribution in [0, 0.1) is 11.3 Å². The molecule has 3 fully saturated rings. The minimum atomic E-state index is 0.328. The number of hydrogen-bond acceptors (Lipinski definition) is 2. The fourth-order valence-electron chi connectivity index (χ4n) is 4.35. The van der Waals surface area contributed by atoms with Crippen molar-refractivity contribution in [2.24, 2.45) is 11.3 Å². The van der Waals surface area contributed by atoms with Crippen molar-refractivity contribution in [2.45, 2.75) is 49.6 Å². The van der Waals surface area contributed by atoms with E-state index in [1.54, 1.807) is 0 Å². The van der Waals surface area contributed by atoms with E-state index in [0.29, 0.717) is 44.3 Å². The summed E-state index contributed by atoms with van der Waals surface area (Å²) in [6, 6.07) is 10.8. The van der Waals surface area contributed by atoms with E-state index in [1.165, 1.54) is 16.2 Å². The summed E-state index contributed by atoms with van der Waals surface area (Å²) in [5, 5.41) is 1.19. The van der Waals surface area contributed by atoms with Gasteiger partial charge < -0.3 is 0 Å². The monoisotopic (exact) mass is 336 g/mol. The number of benzene rings is 1. The normalized spacial score (nSPS) is 39.0. The third-order valence-electron chi connectivity index (χ3n) is 5.33. The molecular weight excluding hydrogens is 315 g/mol. The van der Waals surface area contributed by atoms with Gasteiger partial charge in [-0.3, -0.25) is 0 Å². The molecule has 2 nitrogen and oxygen atoms in total. The first-order chi connectivity index (χ1) is 9.75. The fraction of sp³-hybridized carbons (Fsp3) is 0.588. The standard InChI is InChI=1S/C17H20O2Se/c18-15-6-7-17-9-12(15)8-16(17)19-13(10-17)11-20-14-4-2-1-3-5-14/h1-5,12-13,16H,6-11H2/t12-,13?,16-,17-/m0/s1. The van der Waals surface area contributed by atoms with Crippen LogP contribution in [0.2, 0.25) is 5.32 Å². The van der Waals surface area contributed by atoms with Crippen molar-refractivity contribution in [2.75, 3.05) is 0 Å². The predicted molar refractivity (Wildman–Crippen MR) is 79.3 cm³/mol. The van der Waals surface area contributed by atoms with E-state index < -0.39 is 0 Å². The zero-order chi connectivity index (χ0) is 13.6. The molecule has 1 unspecified atom stereocenters. The van der Waals surface area contributed by atoms with Crippen LogP contribution < -0.4 is 4.46 Å². The second kappa shape index (κ2) is 4.98. The van der Waals surface area contributed by atoms with Gasteiger partial charge in [-0.05, 0) is 0 Å².